The Kier molecular flexibility index (Phi) is 2.67. The van der Waals surface area contributed by atoms with Crippen molar-refractivity contribution in [1.82, 2.24) is 0 Å². The summed E-state index contributed by atoms with van der Waals surface area (Å²) in [5, 5.41) is 19.1. The van der Waals surface area contributed by atoms with Crippen LogP contribution in [0.5, 0.6) is 5.75 Å². The molecule has 0 aromatic heterocycles. The van der Waals surface area contributed by atoms with E-state index < -0.39 is 5.60 Å². The molecule has 3 nitrogen and oxygen atoms in total. The largest absolute Gasteiger partial charge is 0.496 e. The van der Waals surface area contributed by atoms with Crippen LogP contribution < -0.4 is 4.74 Å². The first kappa shape index (κ1) is 10.5. The topological polar surface area (TPSA) is 49.7 Å². The van der Waals surface area contributed by atoms with Crippen LogP contribution in [0.3, 0.4) is 0 Å². The van der Waals surface area contributed by atoms with Gasteiger partial charge in [-0.05, 0) is 30.0 Å². The first-order valence-electron chi connectivity index (χ1n) is 5.16. The number of fused-ring (bicyclic) bond motifs is 1. The third-order valence-corrected chi connectivity index (χ3v) is 3.10. The number of aliphatic hydroxyl groups is 2. The minimum absolute atomic E-state index is 0.177. The molecule has 0 bridgehead atoms. The molecule has 0 saturated carbocycles. The van der Waals surface area contributed by atoms with Gasteiger partial charge in [0.15, 0.2) is 0 Å². The molecule has 2 rings (SSSR count). The van der Waals surface area contributed by atoms with Crippen LogP contribution >= 0.6 is 0 Å². The lowest BCUT2D eigenvalue weighted by Crippen LogP contribution is -2.39. The summed E-state index contributed by atoms with van der Waals surface area (Å²) >= 11 is 0. The highest BCUT2D eigenvalue weighted by atomic mass is 16.5. The Morgan fingerprint density at radius 3 is 2.93 bits per heavy atom. The van der Waals surface area contributed by atoms with E-state index in [1.807, 2.05) is 18.2 Å². The van der Waals surface area contributed by atoms with Crippen molar-refractivity contribution in [1.29, 1.82) is 0 Å². The molecule has 0 amide bonds. The average Bonchev–Trinajstić information content (AvgIpc) is 2.28. The maximum atomic E-state index is 10.00. The molecule has 1 aliphatic rings. The SMILES string of the molecule is COc1cccc2c1CCC(O)(CO)C2. The van der Waals surface area contributed by atoms with Crippen molar-refractivity contribution in [3.05, 3.63) is 29.3 Å². The second kappa shape index (κ2) is 3.83. The van der Waals surface area contributed by atoms with Crippen LogP contribution in [0.25, 0.3) is 0 Å². The van der Waals surface area contributed by atoms with Gasteiger partial charge in [0.05, 0.1) is 19.3 Å². The predicted octanol–water partition coefficient (Wildman–Crippen LogP) is 0.907. The Balaban J connectivity index is 2.35. The average molecular weight is 208 g/mol. The highest BCUT2D eigenvalue weighted by Gasteiger charge is 2.32. The molecule has 0 radical (unpaired) electrons. The molecule has 0 heterocycles. The van der Waals surface area contributed by atoms with Gasteiger partial charge in [0.25, 0.3) is 0 Å². The molecular formula is C12H16O3. The Labute approximate surface area is 89.3 Å². The second-order valence-corrected chi connectivity index (χ2v) is 4.16. The highest BCUT2D eigenvalue weighted by Crippen LogP contribution is 2.33. The van der Waals surface area contributed by atoms with E-state index in [9.17, 15) is 5.11 Å². The predicted molar refractivity (Wildman–Crippen MR) is 57.1 cm³/mol. The fourth-order valence-electron chi connectivity index (χ4n) is 2.19. The zero-order valence-corrected chi connectivity index (χ0v) is 8.86. The summed E-state index contributed by atoms with van der Waals surface area (Å²) < 4.78 is 5.27. The smallest absolute Gasteiger partial charge is 0.122 e. The summed E-state index contributed by atoms with van der Waals surface area (Å²) in [5.41, 5.74) is 1.30. The number of hydrogen-bond donors (Lipinski definition) is 2. The van der Waals surface area contributed by atoms with Crippen molar-refractivity contribution < 1.29 is 14.9 Å². The fraction of sp³-hybridized carbons (Fsp3) is 0.500. The van der Waals surface area contributed by atoms with Crippen molar-refractivity contribution in [3.8, 4) is 5.75 Å². The van der Waals surface area contributed by atoms with Gasteiger partial charge in [0, 0.05) is 6.42 Å². The first-order chi connectivity index (χ1) is 7.18. The van der Waals surface area contributed by atoms with E-state index in [0.29, 0.717) is 12.8 Å². The van der Waals surface area contributed by atoms with E-state index in [-0.39, 0.29) is 6.61 Å². The zero-order chi connectivity index (χ0) is 10.9. The zero-order valence-electron chi connectivity index (χ0n) is 8.86. The van der Waals surface area contributed by atoms with Gasteiger partial charge in [-0.15, -0.1) is 0 Å². The number of hydrogen-bond acceptors (Lipinski definition) is 3. The molecule has 3 heteroatoms. The van der Waals surface area contributed by atoms with Crippen molar-refractivity contribution in [2.24, 2.45) is 0 Å². The van der Waals surface area contributed by atoms with Crippen LogP contribution in [0.2, 0.25) is 0 Å². The van der Waals surface area contributed by atoms with Crippen LogP contribution in [0.1, 0.15) is 17.5 Å². The van der Waals surface area contributed by atoms with E-state index in [4.69, 9.17) is 9.84 Å². The molecule has 1 aromatic carbocycles. The van der Waals surface area contributed by atoms with E-state index in [0.717, 1.165) is 23.3 Å². The molecule has 0 aliphatic heterocycles. The van der Waals surface area contributed by atoms with E-state index in [2.05, 4.69) is 0 Å². The van der Waals surface area contributed by atoms with Crippen molar-refractivity contribution in [2.45, 2.75) is 24.9 Å². The summed E-state index contributed by atoms with van der Waals surface area (Å²) in [4.78, 5) is 0. The highest BCUT2D eigenvalue weighted by molar-refractivity contribution is 5.42. The molecule has 0 fully saturated rings. The molecule has 15 heavy (non-hydrogen) atoms. The van der Waals surface area contributed by atoms with E-state index in [1.165, 1.54) is 0 Å². The Morgan fingerprint density at radius 1 is 1.47 bits per heavy atom. The van der Waals surface area contributed by atoms with Gasteiger partial charge < -0.3 is 14.9 Å². The number of ether oxygens (including phenoxy) is 1. The molecule has 82 valence electrons. The molecule has 1 aromatic rings. The van der Waals surface area contributed by atoms with Crippen LogP contribution in [0.15, 0.2) is 18.2 Å². The van der Waals surface area contributed by atoms with Gasteiger partial charge in [-0.1, -0.05) is 12.1 Å². The van der Waals surface area contributed by atoms with Crippen molar-refractivity contribution in [3.63, 3.8) is 0 Å². The standard InChI is InChI=1S/C12H16O3/c1-15-11-4-2-3-9-7-12(14,8-13)6-5-10(9)11/h2-4,13-14H,5-8H2,1H3. The lowest BCUT2D eigenvalue weighted by Gasteiger charge is -2.32. The summed E-state index contributed by atoms with van der Waals surface area (Å²) in [5.74, 6) is 0.882. The van der Waals surface area contributed by atoms with Gasteiger partial charge in [0.1, 0.15) is 5.75 Å². The molecular weight excluding hydrogens is 192 g/mol. The quantitative estimate of drug-likeness (QED) is 0.759. The number of benzene rings is 1. The Morgan fingerprint density at radius 2 is 2.27 bits per heavy atom. The third-order valence-electron chi connectivity index (χ3n) is 3.10. The van der Waals surface area contributed by atoms with Crippen LogP contribution in [-0.2, 0) is 12.8 Å². The summed E-state index contributed by atoms with van der Waals surface area (Å²) in [6, 6.07) is 5.83. The maximum Gasteiger partial charge on any atom is 0.122 e. The van der Waals surface area contributed by atoms with Gasteiger partial charge in [-0.2, -0.15) is 0 Å². The monoisotopic (exact) mass is 208 g/mol. The van der Waals surface area contributed by atoms with Crippen LogP contribution in [0.4, 0.5) is 0 Å². The van der Waals surface area contributed by atoms with Gasteiger partial charge in [-0.25, -0.2) is 0 Å². The molecule has 1 aliphatic carbocycles. The maximum absolute atomic E-state index is 10.00. The molecule has 1 atom stereocenters. The lowest BCUT2D eigenvalue weighted by atomic mass is 9.80. The van der Waals surface area contributed by atoms with E-state index in [1.54, 1.807) is 7.11 Å². The van der Waals surface area contributed by atoms with Gasteiger partial charge in [-0.3, -0.25) is 0 Å². The number of rotatable bonds is 2. The normalized spacial score (nSPS) is 24.7. The van der Waals surface area contributed by atoms with Crippen LogP contribution in [0, 0.1) is 0 Å². The molecule has 0 saturated heterocycles. The van der Waals surface area contributed by atoms with Crippen LogP contribution in [-0.4, -0.2) is 29.5 Å². The minimum Gasteiger partial charge on any atom is -0.496 e. The van der Waals surface area contributed by atoms with Crippen molar-refractivity contribution in [2.75, 3.05) is 13.7 Å². The fourth-order valence-corrected chi connectivity index (χ4v) is 2.19. The first-order valence-corrected chi connectivity index (χ1v) is 5.16. The molecule has 0 spiro atoms. The summed E-state index contributed by atoms with van der Waals surface area (Å²) in [7, 11) is 1.66. The summed E-state index contributed by atoms with van der Waals surface area (Å²) in [6.45, 7) is -0.177. The lowest BCUT2D eigenvalue weighted by molar-refractivity contribution is -0.0250. The van der Waals surface area contributed by atoms with Gasteiger partial charge in [0.2, 0.25) is 0 Å². The Hall–Kier alpha value is -1.06. The second-order valence-electron chi connectivity index (χ2n) is 4.16. The number of methoxy groups -OCH3 is 1. The molecule has 1 unspecified atom stereocenters. The van der Waals surface area contributed by atoms with Gasteiger partial charge >= 0.3 is 0 Å². The molecule has 2 N–H and O–H groups in total. The van der Waals surface area contributed by atoms with E-state index >= 15 is 0 Å². The third kappa shape index (κ3) is 1.85. The Bertz CT molecular complexity index is 362. The number of aliphatic hydroxyl groups excluding tert-OH is 1. The summed E-state index contributed by atoms with van der Waals surface area (Å²) in [6.07, 6.45) is 1.86. The minimum atomic E-state index is -0.945. The van der Waals surface area contributed by atoms with Crippen molar-refractivity contribution >= 4 is 0 Å².